The predicted octanol–water partition coefficient (Wildman–Crippen LogP) is 3.33. The van der Waals surface area contributed by atoms with Crippen molar-refractivity contribution >= 4 is 6.09 Å². The zero-order valence-electron chi connectivity index (χ0n) is 12.0. The summed E-state index contributed by atoms with van der Waals surface area (Å²) in [6.07, 6.45) is 3.85. The lowest BCUT2D eigenvalue weighted by atomic mass is 10.1. The Kier molecular flexibility index (Phi) is 5.05. The van der Waals surface area contributed by atoms with Crippen molar-refractivity contribution in [3.63, 3.8) is 0 Å². The fraction of sp³-hybridized carbons (Fsp3) is 0.786. The fourth-order valence-corrected chi connectivity index (χ4v) is 2.12. The van der Waals surface area contributed by atoms with E-state index in [0.29, 0.717) is 12.3 Å². The third-order valence-electron chi connectivity index (χ3n) is 3.01. The quantitative estimate of drug-likeness (QED) is 0.710. The standard InChI is InChI=1S/C14H25NO3/c1-11(17-5)12-9-7-6-8-10-15(12)13(16)18-14(2,3)4/h12H,1,6-10H2,2-5H3/t12-/m0/s1. The van der Waals surface area contributed by atoms with Gasteiger partial charge in [-0.25, -0.2) is 4.79 Å². The summed E-state index contributed by atoms with van der Waals surface area (Å²) < 4.78 is 10.7. The van der Waals surface area contributed by atoms with Gasteiger partial charge in [0.15, 0.2) is 0 Å². The van der Waals surface area contributed by atoms with E-state index in [1.54, 1.807) is 12.0 Å². The third-order valence-corrected chi connectivity index (χ3v) is 3.01. The summed E-state index contributed by atoms with van der Waals surface area (Å²) in [6, 6.07) is -0.0626. The molecule has 18 heavy (non-hydrogen) atoms. The topological polar surface area (TPSA) is 38.8 Å². The summed E-state index contributed by atoms with van der Waals surface area (Å²) in [7, 11) is 1.60. The minimum Gasteiger partial charge on any atom is -0.500 e. The van der Waals surface area contributed by atoms with Crippen LogP contribution in [0.2, 0.25) is 0 Å². The first-order chi connectivity index (χ1) is 8.35. The lowest BCUT2D eigenvalue weighted by Gasteiger charge is -2.32. The molecule has 0 unspecified atom stereocenters. The molecule has 0 spiro atoms. The maximum absolute atomic E-state index is 12.2. The molecule has 0 aromatic heterocycles. The summed E-state index contributed by atoms with van der Waals surface area (Å²) >= 11 is 0. The van der Waals surface area contributed by atoms with E-state index in [0.717, 1.165) is 25.7 Å². The van der Waals surface area contributed by atoms with E-state index in [9.17, 15) is 4.79 Å². The minimum absolute atomic E-state index is 0.0626. The van der Waals surface area contributed by atoms with Gasteiger partial charge < -0.3 is 9.47 Å². The van der Waals surface area contributed by atoms with Crippen LogP contribution in [0.4, 0.5) is 4.79 Å². The summed E-state index contributed by atoms with van der Waals surface area (Å²) in [5, 5.41) is 0. The van der Waals surface area contributed by atoms with Crippen LogP contribution in [0.3, 0.4) is 0 Å². The molecule has 0 N–H and O–H groups in total. The summed E-state index contributed by atoms with van der Waals surface area (Å²) in [6.45, 7) is 10.2. The van der Waals surface area contributed by atoms with Crippen molar-refractivity contribution in [3.8, 4) is 0 Å². The van der Waals surface area contributed by atoms with Crippen molar-refractivity contribution < 1.29 is 14.3 Å². The number of likely N-dealkylation sites (tertiary alicyclic amines) is 1. The molecule has 1 aliphatic heterocycles. The van der Waals surface area contributed by atoms with E-state index in [2.05, 4.69) is 6.58 Å². The minimum atomic E-state index is -0.470. The second-order valence-corrected chi connectivity index (χ2v) is 5.71. The van der Waals surface area contributed by atoms with E-state index in [-0.39, 0.29) is 12.1 Å². The molecule has 104 valence electrons. The second-order valence-electron chi connectivity index (χ2n) is 5.71. The van der Waals surface area contributed by atoms with Crippen LogP contribution >= 0.6 is 0 Å². The van der Waals surface area contributed by atoms with Crippen molar-refractivity contribution in [3.05, 3.63) is 12.3 Å². The normalized spacial score (nSPS) is 21.1. The van der Waals surface area contributed by atoms with Gasteiger partial charge in [-0.3, -0.25) is 4.90 Å². The molecule has 0 aromatic rings. The molecule has 0 radical (unpaired) electrons. The molecule has 0 aromatic carbocycles. The largest absolute Gasteiger partial charge is 0.500 e. The number of carbonyl (C=O) groups is 1. The molecule has 0 saturated carbocycles. The number of hydrogen-bond donors (Lipinski definition) is 0. The lowest BCUT2D eigenvalue weighted by Crippen LogP contribution is -2.44. The fourth-order valence-electron chi connectivity index (χ4n) is 2.12. The van der Waals surface area contributed by atoms with Gasteiger partial charge in [0.25, 0.3) is 0 Å². The molecule has 1 aliphatic rings. The van der Waals surface area contributed by atoms with Crippen LogP contribution in [0.1, 0.15) is 46.5 Å². The van der Waals surface area contributed by atoms with Gasteiger partial charge in [0, 0.05) is 6.54 Å². The van der Waals surface area contributed by atoms with Gasteiger partial charge >= 0.3 is 6.09 Å². The van der Waals surface area contributed by atoms with Crippen molar-refractivity contribution in [1.82, 2.24) is 4.90 Å². The molecule has 1 rings (SSSR count). The van der Waals surface area contributed by atoms with Crippen molar-refractivity contribution in [2.24, 2.45) is 0 Å². The van der Waals surface area contributed by atoms with Crippen LogP contribution in [0.15, 0.2) is 12.3 Å². The van der Waals surface area contributed by atoms with Gasteiger partial charge in [-0.15, -0.1) is 0 Å². The number of methoxy groups -OCH3 is 1. The number of nitrogens with zero attached hydrogens (tertiary/aromatic N) is 1. The van der Waals surface area contributed by atoms with E-state index < -0.39 is 5.60 Å². The average Bonchev–Trinajstić information content (AvgIpc) is 2.50. The highest BCUT2D eigenvalue weighted by Gasteiger charge is 2.31. The van der Waals surface area contributed by atoms with Crippen LogP contribution in [-0.4, -0.2) is 36.3 Å². The number of carbonyl (C=O) groups excluding carboxylic acids is 1. The Hall–Kier alpha value is -1.19. The summed E-state index contributed by atoms with van der Waals surface area (Å²) in [5.74, 6) is 0.641. The number of amides is 1. The van der Waals surface area contributed by atoms with E-state index in [1.807, 2.05) is 20.8 Å². The van der Waals surface area contributed by atoms with E-state index >= 15 is 0 Å². The zero-order valence-corrected chi connectivity index (χ0v) is 12.0. The van der Waals surface area contributed by atoms with Gasteiger partial charge in [-0.05, 0) is 33.6 Å². The zero-order chi connectivity index (χ0) is 13.8. The highest BCUT2D eigenvalue weighted by atomic mass is 16.6. The maximum atomic E-state index is 12.2. The van der Waals surface area contributed by atoms with Gasteiger partial charge in [-0.1, -0.05) is 19.4 Å². The van der Waals surface area contributed by atoms with Crippen molar-refractivity contribution in [2.45, 2.75) is 58.1 Å². The predicted molar refractivity (Wildman–Crippen MR) is 71.3 cm³/mol. The first-order valence-electron chi connectivity index (χ1n) is 6.57. The van der Waals surface area contributed by atoms with Gasteiger partial charge in [0.2, 0.25) is 0 Å². The molecule has 4 heteroatoms. The summed E-state index contributed by atoms with van der Waals surface area (Å²) in [5.41, 5.74) is -0.470. The molecule has 1 heterocycles. The number of hydrogen-bond acceptors (Lipinski definition) is 3. The molecular weight excluding hydrogens is 230 g/mol. The monoisotopic (exact) mass is 255 g/mol. The Balaban J connectivity index is 2.79. The lowest BCUT2D eigenvalue weighted by molar-refractivity contribution is 0.0151. The van der Waals surface area contributed by atoms with Crippen LogP contribution < -0.4 is 0 Å². The van der Waals surface area contributed by atoms with E-state index in [1.165, 1.54) is 0 Å². The van der Waals surface area contributed by atoms with Gasteiger partial charge in [0.05, 0.1) is 13.2 Å². The molecule has 1 amide bonds. The molecule has 1 saturated heterocycles. The van der Waals surface area contributed by atoms with Crippen molar-refractivity contribution in [2.75, 3.05) is 13.7 Å². The maximum Gasteiger partial charge on any atom is 0.410 e. The molecule has 4 nitrogen and oxygen atoms in total. The van der Waals surface area contributed by atoms with Gasteiger partial charge in [0.1, 0.15) is 11.4 Å². The second kappa shape index (κ2) is 6.12. The Morgan fingerprint density at radius 1 is 1.28 bits per heavy atom. The Labute approximate surface area is 110 Å². The molecular formula is C14H25NO3. The van der Waals surface area contributed by atoms with Gasteiger partial charge in [-0.2, -0.15) is 0 Å². The SMILES string of the molecule is C=C(OC)[C@@H]1CCCCCN1C(=O)OC(C)(C)C. The first kappa shape index (κ1) is 14.9. The average molecular weight is 255 g/mol. The smallest absolute Gasteiger partial charge is 0.410 e. The Bertz CT molecular complexity index is 307. The number of rotatable bonds is 2. The summed E-state index contributed by atoms with van der Waals surface area (Å²) in [4.78, 5) is 14.0. The Morgan fingerprint density at radius 3 is 2.50 bits per heavy atom. The Morgan fingerprint density at radius 2 is 1.94 bits per heavy atom. The third kappa shape index (κ3) is 4.24. The van der Waals surface area contributed by atoms with E-state index in [4.69, 9.17) is 9.47 Å². The highest BCUT2D eigenvalue weighted by Crippen LogP contribution is 2.24. The van der Waals surface area contributed by atoms with Crippen LogP contribution in [0.5, 0.6) is 0 Å². The van der Waals surface area contributed by atoms with Crippen LogP contribution in [-0.2, 0) is 9.47 Å². The molecule has 1 fully saturated rings. The van der Waals surface area contributed by atoms with Crippen LogP contribution in [0.25, 0.3) is 0 Å². The van der Waals surface area contributed by atoms with Crippen molar-refractivity contribution in [1.29, 1.82) is 0 Å². The van der Waals surface area contributed by atoms with Crippen LogP contribution in [0, 0.1) is 0 Å². The molecule has 0 bridgehead atoms. The number of ether oxygens (including phenoxy) is 2. The highest BCUT2D eigenvalue weighted by molar-refractivity contribution is 5.69. The first-order valence-corrected chi connectivity index (χ1v) is 6.57. The molecule has 1 atom stereocenters. The molecule has 0 aliphatic carbocycles.